The van der Waals surface area contributed by atoms with Crippen molar-refractivity contribution in [2.45, 2.75) is 64.8 Å². The molecule has 22 heavy (non-hydrogen) atoms. The molecule has 0 N–H and O–H groups in total. The van der Waals surface area contributed by atoms with Crippen LogP contribution in [0.4, 0.5) is 0 Å². The van der Waals surface area contributed by atoms with Crippen molar-refractivity contribution in [1.82, 2.24) is 0 Å². The van der Waals surface area contributed by atoms with E-state index in [0.29, 0.717) is 12.2 Å². The molecule has 0 amide bonds. The first kappa shape index (κ1) is 19.0. The molecule has 0 aromatic heterocycles. The van der Waals surface area contributed by atoms with Gasteiger partial charge in [0.15, 0.2) is 8.32 Å². The van der Waals surface area contributed by atoms with Gasteiger partial charge in [-0.05, 0) is 50.0 Å². The number of hydrogen-bond acceptors (Lipinski definition) is 4. The van der Waals surface area contributed by atoms with Crippen LogP contribution in [-0.2, 0) is 18.7 Å². The third-order valence-electron chi connectivity index (χ3n) is 4.28. The lowest BCUT2D eigenvalue weighted by molar-refractivity contribution is -0.138. The molecule has 0 saturated carbocycles. The molecule has 0 aromatic carbocycles. The summed E-state index contributed by atoms with van der Waals surface area (Å²) in [7, 11) is -1.68. The second-order valence-electron chi connectivity index (χ2n) is 7.07. The summed E-state index contributed by atoms with van der Waals surface area (Å²) >= 11 is 0. The maximum atomic E-state index is 11.7. The van der Waals surface area contributed by atoms with Gasteiger partial charge >= 0.3 is 5.97 Å². The average molecular weight is 327 g/mol. The lowest BCUT2D eigenvalue weighted by atomic mass is 10.1. The van der Waals surface area contributed by atoms with Gasteiger partial charge in [0.1, 0.15) is 6.10 Å². The van der Waals surface area contributed by atoms with E-state index in [-0.39, 0.29) is 17.1 Å². The van der Waals surface area contributed by atoms with Crippen LogP contribution in [0, 0.1) is 0 Å². The Morgan fingerprint density at radius 3 is 2.64 bits per heavy atom. The van der Waals surface area contributed by atoms with Crippen LogP contribution in [0.2, 0.25) is 18.1 Å². The highest BCUT2D eigenvalue weighted by molar-refractivity contribution is 6.74. The molecule has 0 bridgehead atoms. The number of esters is 1. The molecule has 126 valence electrons. The van der Waals surface area contributed by atoms with Gasteiger partial charge in [-0.1, -0.05) is 20.8 Å². The molecule has 0 saturated heterocycles. The Labute approximate surface area is 135 Å². The first-order chi connectivity index (χ1) is 10.2. The van der Waals surface area contributed by atoms with Gasteiger partial charge in [-0.3, -0.25) is 0 Å². The largest absolute Gasteiger partial charge is 0.494 e. The van der Waals surface area contributed by atoms with Crippen LogP contribution in [0.5, 0.6) is 0 Å². The van der Waals surface area contributed by atoms with Crippen molar-refractivity contribution in [2.75, 3.05) is 13.2 Å². The molecule has 1 heterocycles. The van der Waals surface area contributed by atoms with Crippen LogP contribution >= 0.6 is 0 Å². The Hall–Kier alpha value is -1.07. The van der Waals surface area contributed by atoms with Crippen molar-refractivity contribution in [2.24, 2.45) is 0 Å². The van der Waals surface area contributed by atoms with Gasteiger partial charge < -0.3 is 13.9 Å². The Balaban J connectivity index is 2.40. The van der Waals surface area contributed by atoms with Crippen LogP contribution in [0.3, 0.4) is 0 Å². The number of carbonyl (C=O) groups is 1. The smallest absolute Gasteiger partial charge is 0.338 e. The van der Waals surface area contributed by atoms with Crippen molar-refractivity contribution in [3.63, 3.8) is 0 Å². The minimum atomic E-state index is -1.68. The Morgan fingerprint density at radius 1 is 1.36 bits per heavy atom. The number of carbonyl (C=O) groups excluding carboxylic acids is 1. The number of hydrogen-bond donors (Lipinski definition) is 0. The highest BCUT2D eigenvalue weighted by Crippen LogP contribution is 2.36. The second-order valence-corrected chi connectivity index (χ2v) is 11.9. The van der Waals surface area contributed by atoms with Crippen molar-refractivity contribution in [3.8, 4) is 0 Å². The quantitative estimate of drug-likeness (QED) is 0.400. The molecule has 0 aliphatic carbocycles. The van der Waals surface area contributed by atoms with Gasteiger partial charge in [-0.15, -0.1) is 0 Å². The first-order valence-corrected chi connectivity index (χ1v) is 10.9. The summed E-state index contributed by atoms with van der Waals surface area (Å²) in [5, 5.41) is 0.230. The standard InChI is InChI=1S/C17H30O4Si/c1-7-19-16(18)14-10-12-20-15(13-14)9-8-11-21-22(5,6)17(2,3)4/h10,12-13,15H,7-9,11H2,1-6H3. The Kier molecular flexibility index (Phi) is 6.87. The minimum absolute atomic E-state index is 0.0765. The number of ether oxygens (including phenoxy) is 2. The van der Waals surface area contributed by atoms with Crippen molar-refractivity contribution in [3.05, 3.63) is 24.0 Å². The van der Waals surface area contributed by atoms with E-state index in [4.69, 9.17) is 13.9 Å². The van der Waals surface area contributed by atoms with E-state index in [1.807, 2.05) is 6.08 Å². The third-order valence-corrected chi connectivity index (χ3v) is 8.82. The fourth-order valence-electron chi connectivity index (χ4n) is 1.84. The van der Waals surface area contributed by atoms with Crippen molar-refractivity contribution >= 4 is 14.3 Å². The van der Waals surface area contributed by atoms with Gasteiger partial charge in [0, 0.05) is 6.61 Å². The van der Waals surface area contributed by atoms with Gasteiger partial charge in [-0.25, -0.2) is 4.79 Å². The molecule has 1 rings (SSSR count). The molecular formula is C17H30O4Si. The lowest BCUT2D eigenvalue weighted by Gasteiger charge is -2.36. The molecule has 5 heteroatoms. The summed E-state index contributed by atoms with van der Waals surface area (Å²) in [4.78, 5) is 11.7. The second kappa shape index (κ2) is 7.97. The minimum Gasteiger partial charge on any atom is -0.494 e. The first-order valence-electron chi connectivity index (χ1n) is 8.02. The summed E-state index contributed by atoms with van der Waals surface area (Å²) < 4.78 is 16.7. The molecule has 1 unspecified atom stereocenters. The lowest BCUT2D eigenvalue weighted by Crippen LogP contribution is -2.41. The van der Waals surface area contributed by atoms with E-state index in [0.717, 1.165) is 19.4 Å². The topological polar surface area (TPSA) is 44.8 Å². The van der Waals surface area contributed by atoms with Gasteiger partial charge in [0.05, 0.1) is 18.4 Å². The normalized spacial score (nSPS) is 18.6. The van der Waals surface area contributed by atoms with E-state index < -0.39 is 8.32 Å². The van der Waals surface area contributed by atoms with E-state index in [9.17, 15) is 4.79 Å². The number of rotatable bonds is 7. The molecule has 4 nitrogen and oxygen atoms in total. The molecule has 0 fully saturated rings. The predicted octanol–water partition coefficient (Wildman–Crippen LogP) is 4.19. The molecule has 0 radical (unpaired) electrons. The maximum absolute atomic E-state index is 11.7. The third kappa shape index (κ3) is 5.61. The van der Waals surface area contributed by atoms with E-state index in [2.05, 4.69) is 33.9 Å². The Bertz CT molecular complexity index is 432. The SMILES string of the molecule is CCOC(=O)C1=CC(CCCO[Si](C)(C)C(C)(C)C)OC=C1. The monoisotopic (exact) mass is 326 g/mol. The van der Waals surface area contributed by atoms with Crippen molar-refractivity contribution in [1.29, 1.82) is 0 Å². The molecule has 0 aromatic rings. The molecule has 1 aliphatic heterocycles. The summed E-state index contributed by atoms with van der Waals surface area (Å²) in [6.07, 6.45) is 6.74. The van der Waals surface area contributed by atoms with Gasteiger partial charge in [0.2, 0.25) is 0 Å². The predicted molar refractivity (Wildman–Crippen MR) is 91.1 cm³/mol. The van der Waals surface area contributed by atoms with Crippen LogP contribution < -0.4 is 0 Å². The zero-order valence-corrected chi connectivity index (χ0v) is 15.8. The van der Waals surface area contributed by atoms with Gasteiger partial charge in [-0.2, -0.15) is 0 Å². The Morgan fingerprint density at radius 2 is 2.05 bits per heavy atom. The zero-order chi connectivity index (χ0) is 16.8. The van der Waals surface area contributed by atoms with Gasteiger partial charge in [0.25, 0.3) is 0 Å². The highest BCUT2D eigenvalue weighted by Gasteiger charge is 2.36. The van der Waals surface area contributed by atoms with E-state index in [1.165, 1.54) is 0 Å². The fourth-order valence-corrected chi connectivity index (χ4v) is 2.93. The average Bonchev–Trinajstić information content (AvgIpc) is 2.43. The zero-order valence-electron chi connectivity index (χ0n) is 14.8. The van der Waals surface area contributed by atoms with E-state index in [1.54, 1.807) is 19.3 Å². The summed E-state index contributed by atoms with van der Waals surface area (Å²) in [6, 6.07) is 0. The summed E-state index contributed by atoms with van der Waals surface area (Å²) in [6.45, 7) is 14.2. The molecule has 1 aliphatic rings. The summed E-state index contributed by atoms with van der Waals surface area (Å²) in [5.41, 5.74) is 0.573. The van der Waals surface area contributed by atoms with Crippen LogP contribution in [0.15, 0.2) is 24.0 Å². The maximum Gasteiger partial charge on any atom is 0.338 e. The summed E-state index contributed by atoms with van der Waals surface area (Å²) in [5.74, 6) is -0.287. The van der Waals surface area contributed by atoms with Crippen LogP contribution in [-0.4, -0.2) is 33.6 Å². The van der Waals surface area contributed by atoms with Crippen LogP contribution in [0.1, 0.15) is 40.5 Å². The van der Waals surface area contributed by atoms with Crippen LogP contribution in [0.25, 0.3) is 0 Å². The molecule has 0 spiro atoms. The molecular weight excluding hydrogens is 296 g/mol. The fraction of sp³-hybridized carbons (Fsp3) is 0.706. The van der Waals surface area contributed by atoms with Crippen molar-refractivity contribution < 1.29 is 18.7 Å². The van der Waals surface area contributed by atoms with E-state index >= 15 is 0 Å². The molecule has 1 atom stereocenters. The highest BCUT2D eigenvalue weighted by atomic mass is 28.4.